The van der Waals surface area contributed by atoms with Crippen molar-refractivity contribution in [2.45, 2.75) is 12.6 Å². The monoisotopic (exact) mass is 284 g/mol. The summed E-state index contributed by atoms with van der Waals surface area (Å²) < 4.78 is 5.12. The average Bonchev–Trinajstić information content (AvgIpc) is 2.55. The Labute approximate surface area is 125 Å². The van der Waals surface area contributed by atoms with Gasteiger partial charge in [0.25, 0.3) is 0 Å². The molecule has 1 atom stereocenters. The van der Waals surface area contributed by atoms with E-state index >= 15 is 0 Å². The Morgan fingerprint density at radius 2 is 1.76 bits per heavy atom. The molecule has 0 fully saturated rings. The lowest BCUT2D eigenvalue weighted by atomic mass is 10.1. The number of hydrogen-bond donors (Lipinski definition) is 1. The van der Waals surface area contributed by atoms with Crippen LogP contribution in [0.15, 0.2) is 54.6 Å². The molecule has 0 aliphatic carbocycles. The summed E-state index contributed by atoms with van der Waals surface area (Å²) in [5, 5.41) is 0. The van der Waals surface area contributed by atoms with Crippen molar-refractivity contribution in [1.29, 1.82) is 0 Å². The van der Waals surface area contributed by atoms with E-state index in [1.807, 2.05) is 54.6 Å². The van der Waals surface area contributed by atoms with E-state index in [0.29, 0.717) is 6.54 Å². The lowest BCUT2D eigenvalue weighted by Crippen LogP contribution is -2.35. The third kappa shape index (κ3) is 3.83. The quantitative estimate of drug-likeness (QED) is 0.917. The van der Waals surface area contributed by atoms with Crippen LogP contribution in [-0.2, 0) is 11.3 Å². The SMILES string of the molecule is COc1ccc(CN(C)C(=O)C(N)c2ccccc2)cc1. The van der Waals surface area contributed by atoms with Gasteiger partial charge in [-0.3, -0.25) is 4.79 Å². The number of carbonyl (C=O) groups excluding carboxylic acids is 1. The van der Waals surface area contributed by atoms with E-state index in [0.717, 1.165) is 16.9 Å². The van der Waals surface area contributed by atoms with Crippen molar-refractivity contribution in [2.24, 2.45) is 5.73 Å². The van der Waals surface area contributed by atoms with Gasteiger partial charge >= 0.3 is 0 Å². The Morgan fingerprint density at radius 3 is 2.33 bits per heavy atom. The van der Waals surface area contributed by atoms with Crippen LogP contribution in [0.2, 0.25) is 0 Å². The van der Waals surface area contributed by atoms with E-state index in [1.54, 1.807) is 19.1 Å². The molecule has 0 bridgehead atoms. The molecule has 4 heteroatoms. The van der Waals surface area contributed by atoms with Gasteiger partial charge < -0.3 is 15.4 Å². The number of nitrogens with two attached hydrogens (primary N) is 1. The van der Waals surface area contributed by atoms with E-state index < -0.39 is 6.04 Å². The van der Waals surface area contributed by atoms with Gasteiger partial charge in [0.15, 0.2) is 0 Å². The van der Waals surface area contributed by atoms with Crippen LogP contribution in [0, 0.1) is 0 Å². The summed E-state index contributed by atoms with van der Waals surface area (Å²) in [7, 11) is 3.39. The highest BCUT2D eigenvalue weighted by atomic mass is 16.5. The lowest BCUT2D eigenvalue weighted by Gasteiger charge is -2.21. The van der Waals surface area contributed by atoms with Gasteiger partial charge in [-0.05, 0) is 23.3 Å². The van der Waals surface area contributed by atoms with Gasteiger partial charge in [0.2, 0.25) is 5.91 Å². The zero-order valence-corrected chi connectivity index (χ0v) is 12.3. The van der Waals surface area contributed by atoms with Crippen LogP contribution >= 0.6 is 0 Å². The molecule has 0 aliphatic heterocycles. The molecule has 1 unspecified atom stereocenters. The fraction of sp³-hybridized carbons (Fsp3) is 0.235. The molecule has 1 amide bonds. The molecule has 2 rings (SSSR count). The van der Waals surface area contributed by atoms with Crippen LogP contribution in [0.1, 0.15) is 17.2 Å². The summed E-state index contributed by atoms with van der Waals surface area (Å²) in [6.07, 6.45) is 0. The third-order valence-electron chi connectivity index (χ3n) is 3.38. The van der Waals surface area contributed by atoms with Gasteiger partial charge in [-0.25, -0.2) is 0 Å². The topological polar surface area (TPSA) is 55.6 Å². The van der Waals surface area contributed by atoms with E-state index in [-0.39, 0.29) is 5.91 Å². The highest BCUT2D eigenvalue weighted by molar-refractivity contribution is 5.82. The molecule has 0 saturated heterocycles. The predicted molar refractivity (Wildman–Crippen MR) is 82.8 cm³/mol. The summed E-state index contributed by atoms with van der Waals surface area (Å²) in [5.41, 5.74) is 7.88. The van der Waals surface area contributed by atoms with Crippen LogP contribution in [0.3, 0.4) is 0 Å². The third-order valence-corrected chi connectivity index (χ3v) is 3.38. The van der Waals surface area contributed by atoms with Crippen molar-refractivity contribution in [3.05, 3.63) is 65.7 Å². The Hall–Kier alpha value is -2.33. The standard InChI is InChI=1S/C17H20N2O2/c1-19(12-13-8-10-15(21-2)11-9-13)17(20)16(18)14-6-4-3-5-7-14/h3-11,16H,12,18H2,1-2H3. The highest BCUT2D eigenvalue weighted by Gasteiger charge is 2.19. The predicted octanol–water partition coefficient (Wildman–Crippen LogP) is 2.35. The fourth-order valence-corrected chi connectivity index (χ4v) is 2.12. The van der Waals surface area contributed by atoms with Gasteiger partial charge in [0.1, 0.15) is 11.8 Å². The molecule has 110 valence electrons. The summed E-state index contributed by atoms with van der Waals surface area (Å²) in [6.45, 7) is 0.517. The number of hydrogen-bond acceptors (Lipinski definition) is 3. The Morgan fingerprint density at radius 1 is 1.14 bits per heavy atom. The lowest BCUT2D eigenvalue weighted by molar-refractivity contribution is -0.131. The van der Waals surface area contributed by atoms with Crippen molar-refractivity contribution in [3.63, 3.8) is 0 Å². The molecule has 0 aliphatic rings. The molecular weight excluding hydrogens is 264 g/mol. The molecule has 0 radical (unpaired) electrons. The minimum absolute atomic E-state index is 0.1000. The second-order valence-electron chi connectivity index (χ2n) is 4.93. The van der Waals surface area contributed by atoms with Crippen molar-refractivity contribution < 1.29 is 9.53 Å². The second kappa shape index (κ2) is 6.90. The number of carbonyl (C=O) groups is 1. The van der Waals surface area contributed by atoms with Crippen LogP contribution in [0.5, 0.6) is 5.75 Å². The zero-order valence-electron chi connectivity index (χ0n) is 12.3. The van der Waals surface area contributed by atoms with Crippen molar-refractivity contribution in [3.8, 4) is 5.75 Å². The van der Waals surface area contributed by atoms with Crippen LogP contribution < -0.4 is 10.5 Å². The fourth-order valence-electron chi connectivity index (χ4n) is 2.12. The van der Waals surface area contributed by atoms with Crippen molar-refractivity contribution in [2.75, 3.05) is 14.2 Å². The number of nitrogens with zero attached hydrogens (tertiary/aromatic N) is 1. The molecule has 0 spiro atoms. The van der Waals surface area contributed by atoms with Crippen LogP contribution in [-0.4, -0.2) is 25.0 Å². The summed E-state index contributed by atoms with van der Waals surface area (Å²) in [5.74, 6) is 0.700. The highest BCUT2D eigenvalue weighted by Crippen LogP contribution is 2.16. The maximum Gasteiger partial charge on any atom is 0.244 e. The first kappa shape index (κ1) is 15.1. The molecule has 21 heavy (non-hydrogen) atoms. The Balaban J connectivity index is 2.01. The first-order chi connectivity index (χ1) is 10.1. The molecule has 0 heterocycles. The smallest absolute Gasteiger partial charge is 0.244 e. The van der Waals surface area contributed by atoms with Crippen molar-refractivity contribution in [1.82, 2.24) is 4.90 Å². The average molecular weight is 284 g/mol. The van der Waals surface area contributed by atoms with E-state index in [2.05, 4.69) is 0 Å². The van der Waals surface area contributed by atoms with Gasteiger partial charge in [0.05, 0.1) is 7.11 Å². The molecule has 0 saturated carbocycles. The Kier molecular flexibility index (Phi) is 4.95. The van der Waals surface area contributed by atoms with E-state index in [1.165, 1.54) is 0 Å². The van der Waals surface area contributed by atoms with Gasteiger partial charge in [0, 0.05) is 13.6 Å². The molecule has 0 aromatic heterocycles. The van der Waals surface area contributed by atoms with Crippen LogP contribution in [0.25, 0.3) is 0 Å². The summed E-state index contributed by atoms with van der Waals surface area (Å²) >= 11 is 0. The minimum atomic E-state index is -0.630. The number of benzene rings is 2. The number of rotatable bonds is 5. The second-order valence-corrected chi connectivity index (χ2v) is 4.93. The van der Waals surface area contributed by atoms with Gasteiger partial charge in [-0.15, -0.1) is 0 Å². The number of ether oxygens (including phenoxy) is 1. The molecule has 2 aromatic rings. The van der Waals surface area contributed by atoms with Gasteiger partial charge in [-0.2, -0.15) is 0 Å². The maximum absolute atomic E-state index is 12.3. The number of amides is 1. The van der Waals surface area contributed by atoms with E-state index in [9.17, 15) is 4.79 Å². The van der Waals surface area contributed by atoms with Gasteiger partial charge in [-0.1, -0.05) is 42.5 Å². The normalized spacial score (nSPS) is 11.8. The van der Waals surface area contributed by atoms with Crippen molar-refractivity contribution >= 4 is 5.91 Å². The first-order valence-electron chi connectivity index (χ1n) is 6.80. The summed E-state index contributed by atoms with van der Waals surface area (Å²) in [4.78, 5) is 14.0. The molecular formula is C17H20N2O2. The number of likely N-dealkylation sites (N-methyl/N-ethyl adjacent to an activating group) is 1. The molecule has 2 N–H and O–H groups in total. The molecule has 4 nitrogen and oxygen atoms in total. The van der Waals surface area contributed by atoms with E-state index in [4.69, 9.17) is 10.5 Å². The zero-order chi connectivity index (χ0) is 15.2. The maximum atomic E-state index is 12.3. The first-order valence-corrected chi connectivity index (χ1v) is 6.80. The minimum Gasteiger partial charge on any atom is -0.497 e. The van der Waals surface area contributed by atoms with Crippen LogP contribution in [0.4, 0.5) is 0 Å². The summed E-state index contributed by atoms with van der Waals surface area (Å²) in [6, 6.07) is 16.4. The number of methoxy groups -OCH3 is 1. The largest absolute Gasteiger partial charge is 0.497 e. The molecule has 2 aromatic carbocycles. The Bertz CT molecular complexity index is 581.